The van der Waals surface area contributed by atoms with Gasteiger partial charge in [0.1, 0.15) is 5.69 Å². The number of hydrogen-bond donors (Lipinski definition) is 1. The van der Waals surface area contributed by atoms with Gasteiger partial charge in [-0.1, -0.05) is 29.8 Å². The third kappa shape index (κ3) is 4.61. The number of aryl methyl sites for hydroxylation is 2. The highest BCUT2D eigenvalue weighted by Crippen LogP contribution is 2.31. The summed E-state index contributed by atoms with van der Waals surface area (Å²) < 4.78 is 0. The van der Waals surface area contributed by atoms with Gasteiger partial charge in [0.2, 0.25) is 5.91 Å². The number of nitrogens with one attached hydrogen (secondary N) is 1. The maximum absolute atomic E-state index is 12.4. The molecule has 8 heteroatoms. The van der Waals surface area contributed by atoms with Crippen LogP contribution in [0.5, 0.6) is 0 Å². The molecule has 0 spiro atoms. The van der Waals surface area contributed by atoms with Crippen molar-refractivity contribution in [1.29, 1.82) is 0 Å². The molecule has 148 valence electrons. The van der Waals surface area contributed by atoms with E-state index in [0.29, 0.717) is 43.4 Å². The van der Waals surface area contributed by atoms with Gasteiger partial charge in [-0.25, -0.2) is 0 Å². The topological polar surface area (TPSA) is 78.7 Å². The van der Waals surface area contributed by atoms with E-state index in [0.717, 1.165) is 16.8 Å². The molecule has 1 aliphatic heterocycles. The average Bonchev–Trinajstić information content (AvgIpc) is 2.65. The maximum Gasteiger partial charge on any atom is 0.294 e. The molecule has 1 saturated heterocycles. The SMILES string of the molecule is Cc1cccc(C)c1NC(=O)CN1CCN(c2ccc(Cl)cc2[N+](=O)[O-])CC1. The lowest BCUT2D eigenvalue weighted by molar-refractivity contribution is -0.384. The molecule has 1 amide bonds. The second kappa shape index (κ2) is 8.58. The van der Waals surface area contributed by atoms with Crippen LogP contribution < -0.4 is 10.2 Å². The molecule has 3 rings (SSSR count). The van der Waals surface area contributed by atoms with E-state index in [9.17, 15) is 14.9 Å². The summed E-state index contributed by atoms with van der Waals surface area (Å²) in [6.45, 7) is 6.77. The van der Waals surface area contributed by atoms with Gasteiger partial charge >= 0.3 is 0 Å². The predicted molar refractivity (Wildman–Crippen MR) is 111 cm³/mol. The zero-order valence-electron chi connectivity index (χ0n) is 15.9. The fourth-order valence-corrected chi connectivity index (χ4v) is 3.62. The Bertz CT molecular complexity index is 875. The number of amides is 1. The zero-order valence-corrected chi connectivity index (χ0v) is 16.7. The molecule has 1 aliphatic rings. The second-order valence-corrected chi connectivity index (χ2v) is 7.40. The summed E-state index contributed by atoms with van der Waals surface area (Å²) in [6, 6.07) is 10.6. The molecular formula is C20H23ClN4O3. The molecule has 0 bridgehead atoms. The molecule has 2 aromatic carbocycles. The number of piperazine rings is 1. The number of para-hydroxylation sites is 1. The van der Waals surface area contributed by atoms with E-state index in [1.165, 1.54) is 6.07 Å². The van der Waals surface area contributed by atoms with Crippen molar-refractivity contribution in [3.63, 3.8) is 0 Å². The van der Waals surface area contributed by atoms with Crippen LogP contribution in [0.15, 0.2) is 36.4 Å². The first-order valence-corrected chi connectivity index (χ1v) is 9.50. The number of carbonyl (C=O) groups excluding carboxylic acids is 1. The summed E-state index contributed by atoms with van der Waals surface area (Å²) in [4.78, 5) is 27.4. The normalized spacial score (nSPS) is 14.8. The number of halogens is 1. The van der Waals surface area contributed by atoms with E-state index in [1.807, 2.05) is 36.9 Å². The first kappa shape index (κ1) is 20.1. The minimum Gasteiger partial charge on any atom is -0.363 e. The first-order valence-electron chi connectivity index (χ1n) is 9.12. The van der Waals surface area contributed by atoms with Gasteiger partial charge < -0.3 is 10.2 Å². The van der Waals surface area contributed by atoms with Crippen LogP contribution in [0.3, 0.4) is 0 Å². The Morgan fingerprint density at radius 3 is 2.39 bits per heavy atom. The van der Waals surface area contributed by atoms with Crippen LogP contribution in [0.1, 0.15) is 11.1 Å². The summed E-state index contributed by atoms with van der Waals surface area (Å²) in [5.74, 6) is -0.0525. The number of nitrogens with zero attached hydrogens (tertiary/aromatic N) is 3. The number of nitro groups is 1. The Morgan fingerprint density at radius 1 is 1.14 bits per heavy atom. The van der Waals surface area contributed by atoms with Gasteiger partial charge in [-0.3, -0.25) is 19.8 Å². The predicted octanol–water partition coefficient (Wildman–Crippen LogP) is 3.63. The average molecular weight is 403 g/mol. The van der Waals surface area contributed by atoms with Gasteiger partial charge in [-0.15, -0.1) is 0 Å². The first-order chi connectivity index (χ1) is 13.3. The number of nitro benzene ring substituents is 1. The second-order valence-electron chi connectivity index (χ2n) is 6.97. The van der Waals surface area contributed by atoms with Gasteiger partial charge in [0.15, 0.2) is 0 Å². The van der Waals surface area contributed by atoms with E-state index >= 15 is 0 Å². The van der Waals surface area contributed by atoms with Crippen molar-refractivity contribution in [1.82, 2.24) is 4.90 Å². The van der Waals surface area contributed by atoms with E-state index in [1.54, 1.807) is 12.1 Å². The van der Waals surface area contributed by atoms with E-state index in [-0.39, 0.29) is 11.6 Å². The van der Waals surface area contributed by atoms with Crippen LogP contribution in [0, 0.1) is 24.0 Å². The number of hydrogen-bond acceptors (Lipinski definition) is 5. The van der Waals surface area contributed by atoms with Crippen molar-refractivity contribution in [3.05, 3.63) is 62.7 Å². The number of anilines is 2. The number of benzene rings is 2. The molecule has 7 nitrogen and oxygen atoms in total. The molecule has 0 unspecified atom stereocenters. The van der Waals surface area contributed by atoms with Crippen LogP contribution in [0.2, 0.25) is 5.02 Å². The molecule has 1 heterocycles. The lowest BCUT2D eigenvalue weighted by atomic mass is 10.1. The Morgan fingerprint density at radius 2 is 1.79 bits per heavy atom. The van der Waals surface area contributed by atoms with Crippen molar-refractivity contribution in [3.8, 4) is 0 Å². The summed E-state index contributed by atoms with van der Waals surface area (Å²) >= 11 is 5.89. The van der Waals surface area contributed by atoms with E-state index in [2.05, 4.69) is 10.2 Å². The van der Waals surface area contributed by atoms with E-state index < -0.39 is 4.92 Å². The van der Waals surface area contributed by atoms with Crippen LogP contribution >= 0.6 is 11.6 Å². The highest BCUT2D eigenvalue weighted by molar-refractivity contribution is 6.30. The maximum atomic E-state index is 12.4. The largest absolute Gasteiger partial charge is 0.363 e. The summed E-state index contributed by atoms with van der Waals surface area (Å²) in [7, 11) is 0. The van der Waals surface area contributed by atoms with Gasteiger partial charge in [0.05, 0.1) is 11.5 Å². The highest BCUT2D eigenvalue weighted by Gasteiger charge is 2.25. The third-order valence-corrected chi connectivity index (χ3v) is 5.19. The van der Waals surface area contributed by atoms with Crippen molar-refractivity contribution in [2.45, 2.75) is 13.8 Å². The van der Waals surface area contributed by atoms with E-state index in [4.69, 9.17) is 11.6 Å². The molecule has 0 aliphatic carbocycles. The van der Waals surface area contributed by atoms with Crippen LogP contribution in [0.4, 0.5) is 17.1 Å². The van der Waals surface area contributed by atoms with Crippen molar-refractivity contribution >= 4 is 34.6 Å². The van der Waals surface area contributed by atoms with Gasteiger partial charge in [-0.05, 0) is 37.1 Å². The standard InChI is InChI=1S/C20H23ClN4O3/c1-14-4-3-5-15(2)20(14)22-19(26)13-23-8-10-24(11-9-23)17-7-6-16(21)12-18(17)25(27)28/h3-7,12H,8-11,13H2,1-2H3,(H,22,26). The number of rotatable bonds is 5. The monoisotopic (exact) mass is 402 g/mol. The van der Waals surface area contributed by atoms with Crippen LogP contribution in [-0.4, -0.2) is 48.5 Å². The quantitative estimate of drug-likeness (QED) is 0.610. The van der Waals surface area contributed by atoms with Crippen molar-refractivity contribution in [2.75, 3.05) is 42.9 Å². The van der Waals surface area contributed by atoms with Crippen LogP contribution in [-0.2, 0) is 4.79 Å². The Hall–Kier alpha value is -2.64. The molecule has 2 aromatic rings. The molecule has 0 atom stereocenters. The van der Waals surface area contributed by atoms with Gasteiger partial charge in [0.25, 0.3) is 5.69 Å². The molecule has 1 N–H and O–H groups in total. The fraction of sp³-hybridized carbons (Fsp3) is 0.350. The fourth-order valence-electron chi connectivity index (χ4n) is 3.45. The van der Waals surface area contributed by atoms with Gasteiger partial charge in [0, 0.05) is 43.0 Å². The lowest BCUT2D eigenvalue weighted by Gasteiger charge is -2.35. The third-order valence-electron chi connectivity index (χ3n) is 4.96. The Kier molecular flexibility index (Phi) is 6.16. The summed E-state index contributed by atoms with van der Waals surface area (Å²) in [6.07, 6.45) is 0. The molecule has 0 saturated carbocycles. The summed E-state index contributed by atoms with van der Waals surface area (Å²) in [5.41, 5.74) is 3.51. The smallest absolute Gasteiger partial charge is 0.294 e. The minimum absolute atomic E-state index is 0.00808. The molecule has 28 heavy (non-hydrogen) atoms. The Labute approximate surface area is 169 Å². The van der Waals surface area contributed by atoms with Gasteiger partial charge in [-0.2, -0.15) is 0 Å². The zero-order chi connectivity index (χ0) is 20.3. The summed E-state index contributed by atoms with van der Waals surface area (Å²) in [5, 5.41) is 14.7. The molecule has 0 radical (unpaired) electrons. The highest BCUT2D eigenvalue weighted by atomic mass is 35.5. The minimum atomic E-state index is -0.411. The van der Waals surface area contributed by atoms with Crippen LogP contribution in [0.25, 0.3) is 0 Å². The lowest BCUT2D eigenvalue weighted by Crippen LogP contribution is -2.48. The number of carbonyl (C=O) groups is 1. The molecule has 1 fully saturated rings. The van der Waals surface area contributed by atoms with Crippen molar-refractivity contribution in [2.24, 2.45) is 0 Å². The molecular weight excluding hydrogens is 380 g/mol. The Balaban J connectivity index is 1.59. The molecule has 0 aromatic heterocycles. The van der Waals surface area contributed by atoms with Crippen molar-refractivity contribution < 1.29 is 9.72 Å².